The molecular weight excluding hydrogens is 250 g/mol. The van der Waals surface area contributed by atoms with Crippen LogP contribution in [0.5, 0.6) is 0 Å². The molecule has 0 spiro atoms. The maximum Gasteiger partial charge on any atom is 0.244 e. The lowest BCUT2D eigenvalue weighted by atomic mass is 9.87. The molecule has 20 heavy (non-hydrogen) atoms. The molecule has 4 nitrogen and oxygen atoms in total. The van der Waals surface area contributed by atoms with E-state index in [0.29, 0.717) is 6.04 Å². The molecule has 0 saturated heterocycles. The van der Waals surface area contributed by atoms with E-state index in [9.17, 15) is 4.79 Å². The highest BCUT2D eigenvalue weighted by Crippen LogP contribution is 2.23. The third kappa shape index (κ3) is 3.50. The van der Waals surface area contributed by atoms with E-state index in [1.54, 1.807) is 6.08 Å². The van der Waals surface area contributed by atoms with Gasteiger partial charge in [-0.3, -0.25) is 9.48 Å². The number of rotatable bonds is 3. The molecule has 1 aliphatic carbocycles. The molecule has 0 radical (unpaired) electrons. The number of hydrogen-bond acceptors (Lipinski definition) is 2. The van der Waals surface area contributed by atoms with Gasteiger partial charge in [0.05, 0.1) is 5.69 Å². The highest BCUT2D eigenvalue weighted by molar-refractivity contribution is 5.92. The number of amides is 1. The Labute approximate surface area is 121 Å². The number of carbonyl (C=O) groups excluding carboxylic acids is 1. The molecule has 1 N–H and O–H groups in total. The second kappa shape index (κ2) is 6.25. The highest BCUT2D eigenvalue weighted by Gasteiger charge is 2.18. The Hall–Kier alpha value is -1.58. The summed E-state index contributed by atoms with van der Waals surface area (Å²) in [5, 5.41) is 7.45. The highest BCUT2D eigenvalue weighted by atomic mass is 16.1. The Morgan fingerprint density at radius 1 is 1.30 bits per heavy atom. The first-order valence-electron chi connectivity index (χ1n) is 7.46. The van der Waals surface area contributed by atoms with Crippen molar-refractivity contribution < 1.29 is 4.79 Å². The summed E-state index contributed by atoms with van der Waals surface area (Å²) < 4.78 is 1.84. The molecule has 0 aliphatic heterocycles. The minimum absolute atomic E-state index is 0.00667. The maximum absolute atomic E-state index is 12.0. The monoisotopic (exact) mass is 275 g/mol. The fourth-order valence-corrected chi connectivity index (χ4v) is 2.84. The van der Waals surface area contributed by atoms with Crippen LogP contribution in [-0.4, -0.2) is 21.7 Å². The van der Waals surface area contributed by atoms with Crippen LogP contribution in [0, 0.1) is 19.8 Å². The van der Waals surface area contributed by atoms with Gasteiger partial charge in [0.25, 0.3) is 0 Å². The lowest BCUT2D eigenvalue weighted by Gasteiger charge is -2.26. The summed E-state index contributed by atoms with van der Waals surface area (Å²) in [6.45, 7) is 6.26. The van der Waals surface area contributed by atoms with Crippen LogP contribution in [-0.2, 0) is 11.8 Å². The molecule has 110 valence electrons. The normalized spacial score (nSPS) is 23.2. The van der Waals surface area contributed by atoms with Crippen molar-refractivity contribution >= 4 is 12.0 Å². The molecule has 1 saturated carbocycles. The third-order valence-corrected chi connectivity index (χ3v) is 4.33. The summed E-state index contributed by atoms with van der Waals surface area (Å²) in [4.78, 5) is 12.0. The molecule has 1 heterocycles. The zero-order valence-corrected chi connectivity index (χ0v) is 12.9. The SMILES string of the molecule is Cc1nn(C)c(C)c1/C=C/C(=O)NC1CCC(C)CC1. The summed E-state index contributed by atoms with van der Waals surface area (Å²) in [5.74, 6) is 0.812. The predicted octanol–water partition coefficient (Wildman–Crippen LogP) is 2.75. The average Bonchev–Trinajstić information content (AvgIpc) is 2.64. The van der Waals surface area contributed by atoms with Crippen LogP contribution >= 0.6 is 0 Å². The summed E-state index contributed by atoms with van der Waals surface area (Å²) in [7, 11) is 1.92. The number of hydrogen-bond donors (Lipinski definition) is 1. The van der Waals surface area contributed by atoms with Crippen molar-refractivity contribution in [2.24, 2.45) is 13.0 Å². The van der Waals surface area contributed by atoms with Gasteiger partial charge in [-0.15, -0.1) is 0 Å². The Bertz CT molecular complexity index is 508. The van der Waals surface area contributed by atoms with Crippen LogP contribution < -0.4 is 5.32 Å². The molecule has 0 unspecified atom stereocenters. The van der Waals surface area contributed by atoms with Gasteiger partial charge < -0.3 is 5.32 Å². The lowest BCUT2D eigenvalue weighted by Crippen LogP contribution is -2.36. The molecule has 4 heteroatoms. The van der Waals surface area contributed by atoms with Crippen LogP contribution in [0.25, 0.3) is 6.08 Å². The van der Waals surface area contributed by atoms with Gasteiger partial charge in [0.15, 0.2) is 0 Å². The number of carbonyl (C=O) groups is 1. The zero-order valence-electron chi connectivity index (χ0n) is 12.9. The van der Waals surface area contributed by atoms with Gasteiger partial charge in [0.1, 0.15) is 0 Å². The number of aryl methyl sites for hydroxylation is 2. The molecule has 1 aromatic heterocycles. The van der Waals surface area contributed by atoms with Gasteiger partial charge in [-0.05, 0) is 51.5 Å². The Balaban J connectivity index is 1.92. The van der Waals surface area contributed by atoms with Gasteiger partial charge in [-0.2, -0.15) is 5.10 Å². The molecule has 1 aromatic rings. The molecule has 0 aromatic carbocycles. The van der Waals surface area contributed by atoms with Crippen LogP contribution in [0.4, 0.5) is 0 Å². The van der Waals surface area contributed by atoms with E-state index in [4.69, 9.17) is 0 Å². The lowest BCUT2D eigenvalue weighted by molar-refractivity contribution is -0.117. The maximum atomic E-state index is 12.0. The van der Waals surface area contributed by atoms with Crippen molar-refractivity contribution in [2.45, 2.75) is 52.5 Å². The smallest absolute Gasteiger partial charge is 0.244 e. The van der Waals surface area contributed by atoms with E-state index in [1.807, 2.05) is 31.7 Å². The van der Waals surface area contributed by atoms with Crippen LogP contribution in [0.3, 0.4) is 0 Å². The summed E-state index contributed by atoms with van der Waals surface area (Å²) >= 11 is 0. The second-order valence-corrected chi connectivity index (χ2v) is 6.01. The first-order valence-corrected chi connectivity index (χ1v) is 7.46. The van der Waals surface area contributed by atoms with E-state index >= 15 is 0 Å². The van der Waals surface area contributed by atoms with Gasteiger partial charge in [0, 0.05) is 30.4 Å². The summed E-state index contributed by atoms with van der Waals surface area (Å²) in [6, 6.07) is 0.347. The Morgan fingerprint density at radius 3 is 2.50 bits per heavy atom. The average molecular weight is 275 g/mol. The van der Waals surface area contributed by atoms with Gasteiger partial charge in [-0.25, -0.2) is 0 Å². The minimum atomic E-state index is 0.00667. The Morgan fingerprint density at radius 2 is 1.95 bits per heavy atom. The molecule has 2 rings (SSSR count). The Kier molecular flexibility index (Phi) is 4.63. The molecule has 1 amide bonds. The summed E-state index contributed by atoms with van der Waals surface area (Å²) in [5.41, 5.74) is 3.08. The van der Waals surface area contributed by atoms with Crippen LogP contribution in [0.1, 0.15) is 49.6 Å². The minimum Gasteiger partial charge on any atom is -0.350 e. The van der Waals surface area contributed by atoms with Gasteiger partial charge in [-0.1, -0.05) is 6.92 Å². The first-order chi connectivity index (χ1) is 9.47. The van der Waals surface area contributed by atoms with Crippen molar-refractivity contribution in [1.82, 2.24) is 15.1 Å². The van der Waals surface area contributed by atoms with Gasteiger partial charge >= 0.3 is 0 Å². The standard InChI is InChI=1S/C16H25N3O/c1-11-5-7-14(8-6-11)17-16(20)10-9-15-12(2)18-19(4)13(15)3/h9-11,14H,5-8H2,1-4H3,(H,17,20)/b10-9+. The van der Waals surface area contributed by atoms with E-state index in [1.165, 1.54) is 12.8 Å². The molecule has 0 bridgehead atoms. The van der Waals surface area contributed by atoms with Crippen molar-refractivity contribution in [1.29, 1.82) is 0 Å². The molecule has 1 fully saturated rings. The number of nitrogens with one attached hydrogen (secondary N) is 1. The number of aromatic nitrogens is 2. The predicted molar refractivity (Wildman–Crippen MR) is 81.3 cm³/mol. The van der Waals surface area contributed by atoms with Crippen LogP contribution in [0.2, 0.25) is 0 Å². The van der Waals surface area contributed by atoms with Crippen LogP contribution in [0.15, 0.2) is 6.08 Å². The fourth-order valence-electron chi connectivity index (χ4n) is 2.84. The largest absolute Gasteiger partial charge is 0.350 e. The van der Waals surface area contributed by atoms with Crippen molar-refractivity contribution in [3.8, 4) is 0 Å². The van der Waals surface area contributed by atoms with E-state index < -0.39 is 0 Å². The second-order valence-electron chi connectivity index (χ2n) is 6.01. The quantitative estimate of drug-likeness (QED) is 0.862. The van der Waals surface area contributed by atoms with Crippen molar-refractivity contribution in [2.75, 3.05) is 0 Å². The third-order valence-electron chi connectivity index (χ3n) is 4.33. The zero-order chi connectivity index (χ0) is 14.7. The van der Waals surface area contributed by atoms with Gasteiger partial charge in [0.2, 0.25) is 5.91 Å². The molecule has 1 aliphatic rings. The summed E-state index contributed by atoms with van der Waals surface area (Å²) in [6.07, 6.45) is 8.15. The van der Waals surface area contributed by atoms with Crippen molar-refractivity contribution in [3.05, 3.63) is 23.0 Å². The molecular formula is C16H25N3O. The topological polar surface area (TPSA) is 46.9 Å². The first kappa shape index (κ1) is 14.8. The van der Waals surface area contributed by atoms with E-state index in [0.717, 1.165) is 35.7 Å². The van der Waals surface area contributed by atoms with Crippen molar-refractivity contribution in [3.63, 3.8) is 0 Å². The molecule has 0 atom stereocenters. The number of nitrogens with zero attached hydrogens (tertiary/aromatic N) is 2. The van der Waals surface area contributed by atoms with E-state index in [2.05, 4.69) is 17.3 Å². The fraction of sp³-hybridized carbons (Fsp3) is 0.625. The van der Waals surface area contributed by atoms with E-state index in [-0.39, 0.29) is 5.91 Å².